The van der Waals surface area contributed by atoms with Crippen LogP contribution in [0.15, 0.2) is 25.7 Å². The summed E-state index contributed by atoms with van der Waals surface area (Å²) in [6, 6.07) is 0. The first-order chi connectivity index (χ1) is 4.33. The lowest BCUT2D eigenvalue weighted by atomic mass is 10.5. The van der Waals surface area contributed by atoms with Gasteiger partial charge in [0.25, 0.3) is 0 Å². The fraction of sp³-hybridized carbons (Fsp3) is 0.429. The first-order valence-corrected chi connectivity index (χ1v) is 2.90. The van der Waals surface area contributed by atoms with E-state index in [1.165, 1.54) is 12.5 Å². The third kappa shape index (κ3) is 39.6. The fourth-order valence-corrected chi connectivity index (χ4v) is 0.0680. The molecule has 0 saturated heterocycles. The van der Waals surface area contributed by atoms with E-state index in [2.05, 4.69) is 24.8 Å². The van der Waals surface area contributed by atoms with Crippen molar-refractivity contribution in [2.45, 2.75) is 13.3 Å². The van der Waals surface area contributed by atoms with Gasteiger partial charge in [-0.25, -0.2) is 0 Å². The van der Waals surface area contributed by atoms with E-state index in [1.807, 2.05) is 0 Å². The molecule has 0 aromatic carbocycles. The minimum absolute atomic E-state index is 0.819. The van der Waals surface area contributed by atoms with E-state index < -0.39 is 0 Å². The van der Waals surface area contributed by atoms with E-state index in [0.717, 1.165) is 13.0 Å². The first-order valence-electron chi connectivity index (χ1n) is 2.90. The van der Waals surface area contributed by atoms with Crippen molar-refractivity contribution in [2.24, 2.45) is 5.73 Å². The molecule has 0 aliphatic heterocycles. The number of nitrogens with two attached hydrogens (primary N) is 1. The Kier molecular flexibility index (Phi) is 19.3. The normalized spacial score (nSPS) is 6.44. The molecule has 0 aliphatic carbocycles. The summed E-state index contributed by atoms with van der Waals surface area (Å²) in [5, 5.41) is 0. The minimum Gasteiger partial charge on any atom is -0.474 e. The Labute approximate surface area is 57.0 Å². The zero-order valence-electron chi connectivity index (χ0n) is 5.97. The van der Waals surface area contributed by atoms with Crippen LogP contribution in [-0.4, -0.2) is 6.54 Å². The minimum atomic E-state index is 0.819. The summed E-state index contributed by atoms with van der Waals surface area (Å²) >= 11 is 0. The second kappa shape index (κ2) is 15.7. The molecule has 0 rings (SSSR count). The van der Waals surface area contributed by atoms with Crippen molar-refractivity contribution in [3.8, 4) is 0 Å². The summed E-state index contributed by atoms with van der Waals surface area (Å²) in [5.41, 5.74) is 5.03. The average molecular weight is 129 g/mol. The lowest BCUT2D eigenvalue weighted by Gasteiger charge is -1.76. The molecule has 0 unspecified atom stereocenters. The molecule has 0 atom stereocenters. The van der Waals surface area contributed by atoms with E-state index in [9.17, 15) is 0 Å². The van der Waals surface area contributed by atoms with Gasteiger partial charge < -0.3 is 10.5 Å². The van der Waals surface area contributed by atoms with Crippen molar-refractivity contribution in [1.82, 2.24) is 0 Å². The van der Waals surface area contributed by atoms with E-state index in [-0.39, 0.29) is 0 Å². The molecule has 0 fully saturated rings. The van der Waals surface area contributed by atoms with Crippen LogP contribution in [0.3, 0.4) is 0 Å². The summed E-state index contributed by atoms with van der Waals surface area (Å²) in [5.74, 6) is 0. The topological polar surface area (TPSA) is 35.2 Å². The highest BCUT2D eigenvalue weighted by atomic mass is 16.5. The molecule has 0 bridgehead atoms. The Morgan fingerprint density at radius 1 is 1.44 bits per heavy atom. The summed E-state index contributed by atoms with van der Waals surface area (Å²) in [7, 11) is 0. The van der Waals surface area contributed by atoms with Crippen LogP contribution in [0.2, 0.25) is 0 Å². The Morgan fingerprint density at radius 3 is 1.78 bits per heavy atom. The molecule has 0 amide bonds. The second-order valence-electron chi connectivity index (χ2n) is 1.26. The molecule has 0 aromatic rings. The molecule has 2 N–H and O–H groups in total. The van der Waals surface area contributed by atoms with Crippen LogP contribution in [0.4, 0.5) is 0 Å². The van der Waals surface area contributed by atoms with Crippen molar-refractivity contribution in [2.75, 3.05) is 6.54 Å². The molecule has 2 nitrogen and oxygen atoms in total. The maximum atomic E-state index is 5.03. The van der Waals surface area contributed by atoms with Crippen LogP contribution >= 0.6 is 0 Å². The number of hydrogen-bond acceptors (Lipinski definition) is 2. The number of hydrogen-bond donors (Lipinski definition) is 1. The van der Waals surface area contributed by atoms with Crippen molar-refractivity contribution < 1.29 is 4.74 Å². The third-order valence-corrected chi connectivity index (χ3v) is 0.481. The maximum absolute atomic E-state index is 5.03. The van der Waals surface area contributed by atoms with Gasteiger partial charge in [0.05, 0.1) is 12.5 Å². The Bertz CT molecular complexity index is 53.9. The van der Waals surface area contributed by atoms with Crippen LogP contribution in [0.1, 0.15) is 13.3 Å². The summed E-state index contributed by atoms with van der Waals surface area (Å²) in [4.78, 5) is 0. The number of ether oxygens (including phenoxy) is 1. The predicted molar refractivity (Wildman–Crippen MR) is 40.8 cm³/mol. The van der Waals surface area contributed by atoms with Gasteiger partial charge in [0.2, 0.25) is 0 Å². The van der Waals surface area contributed by atoms with Crippen molar-refractivity contribution in [1.29, 1.82) is 0 Å². The molecule has 54 valence electrons. The van der Waals surface area contributed by atoms with Gasteiger partial charge in [0.1, 0.15) is 0 Å². The Morgan fingerprint density at radius 2 is 1.78 bits per heavy atom. The molecule has 0 radical (unpaired) electrons. The molecule has 0 heterocycles. The summed E-state index contributed by atoms with van der Waals surface area (Å²) in [6.07, 6.45) is 3.72. The highest BCUT2D eigenvalue weighted by Crippen LogP contribution is 1.65. The highest BCUT2D eigenvalue weighted by molar-refractivity contribution is 4.57. The molecule has 0 aromatic heterocycles. The van der Waals surface area contributed by atoms with Crippen LogP contribution in [0, 0.1) is 0 Å². The fourth-order valence-electron chi connectivity index (χ4n) is 0.0680. The SMILES string of the molecule is C=COC=C.CCCN. The number of rotatable bonds is 3. The molecular formula is C7H15NO. The predicted octanol–water partition coefficient (Wildman–Crippen LogP) is 1.65. The molecule has 0 aliphatic rings. The van der Waals surface area contributed by atoms with Crippen LogP contribution < -0.4 is 5.73 Å². The van der Waals surface area contributed by atoms with Gasteiger partial charge in [0.15, 0.2) is 0 Å². The summed E-state index contributed by atoms with van der Waals surface area (Å²) < 4.78 is 4.36. The third-order valence-electron chi connectivity index (χ3n) is 0.481. The average Bonchev–Trinajstić information content (AvgIpc) is 1.91. The summed E-state index contributed by atoms with van der Waals surface area (Å²) in [6.45, 7) is 9.39. The zero-order chi connectivity index (χ0) is 7.54. The van der Waals surface area contributed by atoms with Gasteiger partial charge in [-0.3, -0.25) is 0 Å². The van der Waals surface area contributed by atoms with Gasteiger partial charge in [-0.2, -0.15) is 0 Å². The van der Waals surface area contributed by atoms with Gasteiger partial charge in [-0.1, -0.05) is 20.1 Å². The molecular weight excluding hydrogens is 114 g/mol. The van der Waals surface area contributed by atoms with E-state index in [0.29, 0.717) is 0 Å². The lowest BCUT2D eigenvalue weighted by molar-refractivity contribution is 0.406. The smallest absolute Gasteiger partial charge is 0.0829 e. The maximum Gasteiger partial charge on any atom is 0.0829 e. The Balaban J connectivity index is 0. The molecule has 9 heavy (non-hydrogen) atoms. The Hall–Kier alpha value is -0.760. The van der Waals surface area contributed by atoms with Gasteiger partial charge in [-0.05, 0) is 13.0 Å². The highest BCUT2D eigenvalue weighted by Gasteiger charge is 1.55. The van der Waals surface area contributed by atoms with E-state index in [1.54, 1.807) is 0 Å². The monoisotopic (exact) mass is 129 g/mol. The van der Waals surface area contributed by atoms with Crippen LogP contribution in [0.25, 0.3) is 0 Å². The van der Waals surface area contributed by atoms with Gasteiger partial charge in [-0.15, -0.1) is 0 Å². The van der Waals surface area contributed by atoms with Crippen molar-refractivity contribution >= 4 is 0 Å². The van der Waals surface area contributed by atoms with Crippen LogP contribution in [0.5, 0.6) is 0 Å². The standard InChI is InChI=1S/C4H6O.C3H9N/c1-3-5-4-2;1-2-3-4/h3-4H,1-2H2;2-4H2,1H3. The molecule has 0 spiro atoms. The largest absolute Gasteiger partial charge is 0.474 e. The lowest BCUT2D eigenvalue weighted by Crippen LogP contribution is -1.93. The quantitative estimate of drug-likeness (QED) is 0.588. The van der Waals surface area contributed by atoms with Crippen LogP contribution in [-0.2, 0) is 4.74 Å². The molecule has 2 heteroatoms. The van der Waals surface area contributed by atoms with Crippen molar-refractivity contribution in [3.63, 3.8) is 0 Å². The van der Waals surface area contributed by atoms with E-state index in [4.69, 9.17) is 5.73 Å². The van der Waals surface area contributed by atoms with Crippen molar-refractivity contribution in [3.05, 3.63) is 25.7 Å². The van der Waals surface area contributed by atoms with Gasteiger partial charge in [0, 0.05) is 0 Å². The molecule has 0 saturated carbocycles. The first kappa shape index (κ1) is 11.1. The van der Waals surface area contributed by atoms with E-state index >= 15 is 0 Å². The van der Waals surface area contributed by atoms with Gasteiger partial charge >= 0.3 is 0 Å². The second-order valence-corrected chi connectivity index (χ2v) is 1.26. The zero-order valence-corrected chi connectivity index (χ0v) is 5.97.